The molecular formula is C26H22F2O2S. The van der Waals surface area contributed by atoms with Crippen molar-refractivity contribution in [3.63, 3.8) is 0 Å². The highest BCUT2D eigenvalue weighted by molar-refractivity contribution is 7.99. The van der Waals surface area contributed by atoms with Crippen LogP contribution in [0.15, 0.2) is 70.5 Å². The van der Waals surface area contributed by atoms with Crippen LogP contribution in [0.2, 0.25) is 0 Å². The Balaban J connectivity index is 1.42. The van der Waals surface area contributed by atoms with Crippen LogP contribution in [-0.2, 0) is 11.8 Å². The van der Waals surface area contributed by atoms with Crippen molar-refractivity contribution >= 4 is 11.8 Å². The Labute approximate surface area is 185 Å². The van der Waals surface area contributed by atoms with Crippen molar-refractivity contribution in [2.75, 3.05) is 6.79 Å². The zero-order valence-electron chi connectivity index (χ0n) is 17.2. The molecule has 0 bridgehead atoms. The lowest BCUT2D eigenvalue weighted by Gasteiger charge is -2.24. The van der Waals surface area contributed by atoms with E-state index in [4.69, 9.17) is 15.9 Å². The second-order valence-electron chi connectivity index (χ2n) is 7.72. The lowest BCUT2D eigenvalue weighted by Crippen LogP contribution is -2.19. The van der Waals surface area contributed by atoms with Gasteiger partial charge in [-0.25, -0.2) is 8.78 Å². The average molecular weight is 437 g/mol. The second kappa shape index (κ2) is 9.03. The summed E-state index contributed by atoms with van der Waals surface area (Å²) in [6.45, 7) is 2.28. The third-order valence-electron chi connectivity index (χ3n) is 5.51. The normalized spacial score (nSPS) is 14.1. The molecule has 31 heavy (non-hydrogen) atoms. The van der Waals surface area contributed by atoms with E-state index in [0.717, 1.165) is 46.8 Å². The van der Waals surface area contributed by atoms with Crippen molar-refractivity contribution in [2.45, 2.75) is 41.4 Å². The molecular weight excluding hydrogens is 414 g/mol. The van der Waals surface area contributed by atoms with Gasteiger partial charge in [0.15, 0.2) is 11.5 Å². The van der Waals surface area contributed by atoms with E-state index in [-0.39, 0.29) is 18.4 Å². The van der Waals surface area contributed by atoms with E-state index in [2.05, 4.69) is 5.92 Å². The second-order valence-corrected chi connectivity index (χ2v) is 8.83. The molecule has 5 heteroatoms. The first-order chi connectivity index (χ1) is 15.0. The van der Waals surface area contributed by atoms with Crippen LogP contribution in [0.1, 0.15) is 30.9 Å². The molecule has 1 aliphatic rings. The number of terminal acetylenes is 1. The number of fused-ring (bicyclic) bond motifs is 1. The van der Waals surface area contributed by atoms with Crippen LogP contribution >= 0.6 is 11.8 Å². The van der Waals surface area contributed by atoms with Gasteiger partial charge in [-0.2, -0.15) is 0 Å². The molecule has 4 rings (SSSR count). The van der Waals surface area contributed by atoms with Crippen molar-refractivity contribution in [3.8, 4) is 23.8 Å². The Morgan fingerprint density at radius 2 is 1.77 bits per heavy atom. The fourth-order valence-corrected chi connectivity index (χ4v) is 4.50. The number of hydrogen-bond donors (Lipinski definition) is 0. The number of ether oxygens (including phenoxy) is 2. The average Bonchev–Trinajstić information content (AvgIpc) is 3.25. The fourth-order valence-electron chi connectivity index (χ4n) is 3.60. The van der Waals surface area contributed by atoms with E-state index in [1.165, 1.54) is 30.0 Å². The molecule has 0 aliphatic carbocycles. The van der Waals surface area contributed by atoms with Gasteiger partial charge in [-0.1, -0.05) is 29.8 Å². The quantitative estimate of drug-likeness (QED) is 0.381. The lowest BCUT2D eigenvalue weighted by atomic mass is 9.78. The largest absolute Gasteiger partial charge is 0.454 e. The van der Waals surface area contributed by atoms with Crippen LogP contribution in [0.3, 0.4) is 0 Å². The molecule has 2 nitrogen and oxygen atoms in total. The summed E-state index contributed by atoms with van der Waals surface area (Å²) in [6.07, 6.45) is 8.31. The van der Waals surface area contributed by atoms with Gasteiger partial charge in [-0.15, -0.1) is 6.42 Å². The Kier molecular flexibility index (Phi) is 6.20. The number of aryl methyl sites for hydroxylation is 1. The molecule has 0 spiro atoms. The van der Waals surface area contributed by atoms with E-state index in [9.17, 15) is 8.78 Å². The molecule has 1 unspecified atom stereocenters. The first-order valence-electron chi connectivity index (χ1n) is 10.1. The maximum Gasteiger partial charge on any atom is 0.231 e. The molecule has 3 aromatic carbocycles. The van der Waals surface area contributed by atoms with Crippen LogP contribution in [0.25, 0.3) is 0 Å². The van der Waals surface area contributed by atoms with Gasteiger partial charge < -0.3 is 9.47 Å². The van der Waals surface area contributed by atoms with Crippen LogP contribution < -0.4 is 9.47 Å². The summed E-state index contributed by atoms with van der Waals surface area (Å²) < 4.78 is 38.3. The van der Waals surface area contributed by atoms with Gasteiger partial charge in [0.1, 0.15) is 11.6 Å². The Hall–Kier alpha value is -2.97. The number of rotatable bonds is 7. The molecule has 0 N–H and O–H groups in total. The molecule has 0 saturated carbocycles. The molecule has 0 fully saturated rings. The molecule has 1 heterocycles. The number of hydrogen-bond acceptors (Lipinski definition) is 3. The molecule has 3 aromatic rings. The lowest BCUT2D eigenvalue weighted by molar-refractivity contribution is 0.174. The highest BCUT2D eigenvalue weighted by Gasteiger charge is 2.26. The van der Waals surface area contributed by atoms with Gasteiger partial charge in [0.2, 0.25) is 6.79 Å². The summed E-state index contributed by atoms with van der Waals surface area (Å²) in [6, 6.07) is 17.0. The van der Waals surface area contributed by atoms with Gasteiger partial charge in [-0.3, -0.25) is 0 Å². The molecule has 158 valence electrons. The highest BCUT2D eigenvalue weighted by atomic mass is 32.2. The Bertz CT molecular complexity index is 1120. The van der Waals surface area contributed by atoms with Crippen LogP contribution in [0, 0.1) is 24.0 Å². The predicted octanol–water partition coefficient (Wildman–Crippen LogP) is 6.76. The third kappa shape index (κ3) is 4.86. The summed E-state index contributed by atoms with van der Waals surface area (Å²) in [5.41, 5.74) is 1.62. The van der Waals surface area contributed by atoms with Crippen molar-refractivity contribution in [2.24, 2.45) is 0 Å². The zero-order chi connectivity index (χ0) is 21.8. The molecule has 0 amide bonds. The molecule has 0 aromatic heterocycles. The monoisotopic (exact) mass is 436 g/mol. The smallest absolute Gasteiger partial charge is 0.231 e. The topological polar surface area (TPSA) is 18.5 Å². The van der Waals surface area contributed by atoms with Crippen molar-refractivity contribution in [3.05, 3.63) is 83.4 Å². The standard InChI is InChI=1S/C26H22F2O2S/c1-3-26(2,19-7-13-23-24(16-19)30-17-29-23)14-4-5-18-6-12-22(28)25(15-18)31-21-10-8-20(27)9-11-21/h1,6-13,15-16H,4-5,14,17H2,2H3. The van der Waals surface area contributed by atoms with Gasteiger partial charge in [0.25, 0.3) is 0 Å². The molecule has 0 saturated heterocycles. The predicted molar refractivity (Wildman–Crippen MR) is 119 cm³/mol. The summed E-state index contributed by atoms with van der Waals surface area (Å²) in [5.74, 6) is 3.80. The fraction of sp³-hybridized carbons (Fsp3) is 0.231. The Morgan fingerprint density at radius 1 is 1.00 bits per heavy atom. The summed E-state index contributed by atoms with van der Waals surface area (Å²) in [7, 11) is 0. The van der Waals surface area contributed by atoms with Crippen molar-refractivity contribution < 1.29 is 18.3 Å². The molecule has 1 atom stereocenters. The maximum absolute atomic E-state index is 14.3. The minimum Gasteiger partial charge on any atom is -0.454 e. The minimum atomic E-state index is -0.438. The Morgan fingerprint density at radius 3 is 2.55 bits per heavy atom. The zero-order valence-corrected chi connectivity index (χ0v) is 18.0. The summed E-state index contributed by atoms with van der Waals surface area (Å²) in [5, 5.41) is 0. The highest BCUT2D eigenvalue weighted by Crippen LogP contribution is 2.38. The van der Waals surface area contributed by atoms with E-state index in [0.29, 0.717) is 4.90 Å². The number of benzene rings is 3. The van der Waals surface area contributed by atoms with E-state index >= 15 is 0 Å². The van der Waals surface area contributed by atoms with Crippen molar-refractivity contribution in [1.82, 2.24) is 0 Å². The van der Waals surface area contributed by atoms with Crippen LogP contribution in [-0.4, -0.2) is 6.79 Å². The van der Waals surface area contributed by atoms with Crippen LogP contribution in [0.4, 0.5) is 8.78 Å². The molecule has 1 aliphatic heterocycles. The minimum absolute atomic E-state index is 0.231. The van der Waals surface area contributed by atoms with Gasteiger partial charge in [0.05, 0.1) is 5.41 Å². The number of halogens is 2. The van der Waals surface area contributed by atoms with Crippen LogP contribution in [0.5, 0.6) is 11.5 Å². The van der Waals surface area contributed by atoms with Gasteiger partial charge in [0, 0.05) is 9.79 Å². The van der Waals surface area contributed by atoms with E-state index in [1.807, 2.05) is 31.2 Å². The summed E-state index contributed by atoms with van der Waals surface area (Å²) in [4.78, 5) is 1.32. The molecule has 0 radical (unpaired) electrons. The first-order valence-corrected chi connectivity index (χ1v) is 10.9. The SMILES string of the molecule is C#CC(C)(CCCc1ccc(F)c(Sc2ccc(F)cc2)c1)c1ccc2c(c1)OCO2. The summed E-state index contributed by atoms with van der Waals surface area (Å²) >= 11 is 1.29. The third-order valence-corrected chi connectivity index (χ3v) is 6.55. The first kappa shape index (κ1) is 21.3. The van der Waals surface area contributed by atoms with Gasteiger partial charge >= 0.3 is 0 Å². The maximum atomic E-state index is 14.3. The van der Waals surface area contributed by atoms with E-state index in [1.54, 1.807) is 18.2 Å². The van der Waals surface area contributed by atoms with Crippen molar-refractivity contribution in [1.29, 1.82) is 0 Å². The van der Waals surface area contributed by atoms with E-state index < -0.39 is 5.41 Å². The van der Waals surface area contributed by atoms with Gasteiger partial charge in [-0.05, 0) is 85.8 Å².